The van der Waals surface area contributed by atoms with Crippen molar-refractivity contribution in [2.75, 3.05) is 12.8 Å². The Hall–Kier alpha value is -2.34. The molecular weight excluding hydrogens is 308 g/mol. The molecule has 0 fully saturated rings. The fourth-order valence-electron chi connectivity index (χ4n) is 2.42. The number of nitrogens with one attached hydrogen (secondary N) is 1. The quantitative estimate of drug-likeness (QED) is 0.756. The number of carbonyl (C=O) groups is 1. The predicted molar refractivity (Wildman–Crippen MR) is 92.7 cm³/mol. The topological polar surface area (TPSA) is 59.3 Å². The van der Waals surface area contributed by atoms with Gasteiger partial charge in [0.05, 0.1) is 0 Å². The minimum absolute atomic E-state index is 0.0539. The Morgan fingerprint density at radius 1 is 1.22 bits per heavy atom. The summed E-state index contributed by atoms with van der Waals surface area (Å²) in [6.07, 6.45) is 4.62. The fourth-order valence-corrected chi connectivity index (χ4v) is 2.93. The number of hydrogen-bond donors (Lipinski definition) is 1. The Labute approximate surface area is 139 Å². The van der Waals surface area contributed by atoms with Crippen LogP contribution in [0.4, 0.5) is 0 Å². The van der Waals surface area contributed by atoms with E-state index in [9.17, 15) is 4.79 Å². The van der Waals surface area contributed by atoms with Crippen LogP contribution in [0.1, 0.15) is 21.7 Å². The molecule has 3 aromatic rings. The van der Waals surface area contributed by atoms with Gasteiger partial charge in [-0.1, -0.05) is 18.2 Å². The number of pyridine rings is 1. The zero-order valence-corrected chi connectivity index (χ0v) is 13.7. The third-order valence-electron chi connectivity index (χ3n) is 3.52. The highest BCUT2D eigenvalue weighted by atomic mass is 32.2. The molecule has 1 N–H and O–H groups in total. The smallest absolute Gasteiger partial charge is 0.251 e. The van der Waals surface area contributed by atoms with Crippen molar-refractivity contribution < 1.29 is 4.79 Å². The molecule has 118 valence electrons. The number of hydrogen-bond acceptors (Lipinski definition) is 4. The van der Waals surface area contributed by atoms with E-state index in [-0.39, 0.29) is 5.91 Å². The zero-order valence-electron chi connectivity index (χ0n) is 12.9. The lowest BCUT2D eigenvalue weighted by Crippen LogP contribution is -2.26. The molecule has 0 atom stereocenters. The minimum atomic E-state index is -0.0539. The normalized spacial score (nSPS) is 10.8. The molecule has 0 unspecified atom stereocenters. The Balaban J connectivity index is 1.60. The van der Waals surface area contributed by atoms with Gasteiger partial charge in [0, 0.05) is 30.5 Å². The van der Waals surface area contributed by atoms with E-state index in [1.807, 2.05) is 53.1 Å². The van der Waals surface area contributed by atoms with Crippen molar-refractivity contribution in [3.63, 3.8) is 0 Å². The molecule has 2 heterocycles. The molecular formula is C17H18N4OS. The van der Waals surface area contributed by atoms with Crippen molar-refractivity contribution in [1.82, 2.24) is 19.9 Å². The van der Waals surface area contributed by atoms with Crippen LogP contribution in [0.2, 0.25) is 0 Å². The summed E-state index contributed by atoms with van der Waals surface area (Å²) in [6, 6.07) is 13.5. The van der Waals surface area contributed by atoms with E-state index in [0.29, 0.717) is 18.5 Å². The van der Waals surface area contributed by atoms with Crippen molar-refractivity contribution in [2.24, 2.45) is 0 Å². The number of amides is 1. The van der Waals surface area contributed by atoms with E-state index >= 15 is 0 Å². The van der Waals surface area contributed by atoms with Gasteiger partial charge < -0.3 is 5.32 Å². The Morgan fingerprint density at radius 3 is 3.00 bits per heavy atom. The molecule has 0 aliphatic heterocycles. The lowest BCUT2D eigenvalue weighted by atomic mass is 10.1. The molecule has 1 amide bonds. The first kappa shape index (κ1) is 15.6. The summed E-state index contributed by atoms with van der Waals surface area (Å²) in [5.74, 6) is 1.70. The number of fused-ring (bicyclic) bond motifs is 1. The summed E-state index contributed by atoms with van der Waals surface area (Å²) in [5, 5.41) is 11.2. The number of carbonyl (C=O) groups excluding carboxylic acids is 1. The van der Waals surface area contributed by atoms with Crippen LogP contribution in [0, 0.1) is 0 Å². The van der Waals surface area contributed by atoms with Crippen LogP contribution in [0.3, 0.4) is 0 Å². The van der Waals surface area contributed by atoms with Gasteiger partial charge in [-0.3, -0.25) is 9.20 Å². The third-order valence-corrected chi connectivity index (χ3v) is 4.14. The highest BCUT2D eigenvalue weighted by molar-refractivity contribution is 7.97. The summed E-state index contributed by atoms with van der Waals surface area (Å²) in [7, 11) is 0. The van der Waals surface area contributed by atoms with Crippen LogP contribution in [-0.4, -0.2) is 33.3 Å². The number of thioether (sulfide) groups is 1. The summed E-state index contributed by atoms with van der Waals surface area (Å²) in [6.45, 7) is 0.529. The average Bonchev–Trinajstić information content (AvgIpc) is 2.99. The maximum Gasteiger partial charge on any atom is 0.251 e. The molecule has 0 spiro atoms. The molecule has 5 nitrogen and oxygen atoms in total. The van der Waals surface area contributed by atoms with Gasteiger partial charge in [-0.25, -0.2) is 0 Å². The van der Waals surface area contributed by atoms with Gasteiger partial charge in [-0.2, -0.15) is 11.8 Å². The van der Waals surface area contributed by atoms with Crippen molar-refractivity contribution in [3.05, 3.63) is 65.6 Å². The largest absolute Gasteiger partial charge is 0.352 e. The van der Waals surface area contributed by atoms with Crippen molar-refractivity contribution in [1.29, 1.82) is 0 Å². The predicted octanol–water partition coefficient (Wildman–Crippen LogP) is 2.56. The number of rotatable bonds is 6. The van der Waals surface area contributed by atoms with Gasteiger partial charge in [0.25, 0.3) is 5.91 Å². The average molecular weight is 326 g/mol. The number of benzene rings is 1. The molecule has 23 heavy (non-hydrogen) atoms. The Bertz CT molecular complexity index is 815. The molecule has 0 radical (unpaired) electrons. The van der Waals surface area contributed by atoms with Crippen LogP contribution < -0.4 is 5.32 Å². The molecule has 3 rings (SSSR count). The van der Waals surface area contributed by atoms with Gasteiger partial charge in [0.2, 0.25) is 0 Å². The van der Waals surface area contributed by atoms with E-state index in [1.165, 1.54) is 0 Å². The summed E-state index contributed by atoms with van der Waals surface area (Å²) in [5.41, 5.74) is 2.68. The molecule has 2 aromatic heterocycles. The van der Waals surface area contributed by atoms with Gasteiger partial charge in [0.1, 0.15) is 5.82 Å². The van der Waals surface area contributed by atoms with E-state index < -0.39 is 0 Å². The van der Waals surface area contributed by atoms with Crippen molar-refractivity contribution in [3.8, 4) is 0 Å². The lowest BCUT2D eigenvalue weighted by Gasteiger charge is -2.06. The van der Waals surface area contributed by atoms with Crippen molar-refractivity contribution >= 4 is 23.3 Å². The van der Waals surface area contributed by atoms with Crippen LogP contribution >= 0.6 is 11.8 Å². The second-order valence-electron chi connectivity index (χ2n) is 5.18. The maximum atomic E-state index is 12.2. The fraction of sp³-hybridized carbons (Fsp3) is 0.235. The van der Waals surface area contributed by atoms with Gasteiger partial charge in [0.15, 0.2) is 5.65 Å². The van der Waals surface area contributed by atoms with Crippen LogP contribution in [0.5, 0.6) is 0 Å². The van der Waals surface area contributed by atoms with Gasteiger partial charge in [-0.05, 0) is 36.1 Å². The minimum Gasteiger partial charge on any atom is -0.352 e. The molecule has 0 aliphatic rings. The molecule has 0 aliphatic carbocycles. The summed E-state index contributed by atoms with van der Waals surface area (Å²) >= 11 is 1.74. The summed E-state index contributed by atoms with van der Waals surface area (Å²) in [4.78, 5) is 12.2. The highest BCUT2D eigenvalue weighted by Gasteiger charge is 2.08. The molecule has 1 aromatic carbocycles. The summed E-state index contributed by atoms with van der Waals surface area (Å²) < 4.78 is 1.94. The van der Waals surface area contributed by atoms with E-state index in [4.69, 9.17) is 0 Å². The standard InChI is InChI=1S/C17H18N4OS/c1-23-12-13-5-4-6-14(11-13)17(22)18-9-8-16-20-19-15-7-2-3-10-21(15)16/h2-7,10-11H,8-9,12H2,1H3,(H,18,22). The Kier molecular flexibility index (Phi) is 4.92. The van der Waals surface area contributed by atoms with E-state index in [0.717, 1.165) is 22.8 Å². The SMILES string of the molecule is CSCc1cccc(C(=O)NCCc2nnc3ccccn23)c1. The van der Waals surface area contributed by atoms with Gasteiger partial charge in [-0.15, -0.1) is 10.2 Å². The first-order valence-electron chi connectivity index (χ1n) is 7.42. The molecule has 0 bridgehead atoms. The van der Waals surface area contributed by atoms with Crippen LogP contribution in [0.15, 0.2) is 48.7 Å². The van der Waals surface area contributed by atoms with Gasteiger partial charge >= 0.3 is 0 Å². The first-order valence-corrected chi connectivity index (χ1v) is 8.82. The van der Waals surface area contributed by atoms with Crippen LogP contribution in [-0.2, 0) is 12.2 Å². The molecule has 0 saturated carbocycles. The van der Waals surface area contributed by atoms with Crippen molar-refractivity contribution in [2.45, 2.75) is 12.2 Å². The molecule has 6 heteroatoms. The molecule has 0 saturated heterocycles. The lowest BCUT2D eigenvalue weighted by molar-refractivity contribution is 0.0954. The zero-order chi connectivity index (χ0) is 16.1. The third kappa shape index (κ3) is 3.71. The monoisotopic (exact) mass is 326 g/mol. The van der Waals surface area contributed by atoms with Crippen LogP contribution in [0.25, 0.3) is 5.65 Å². The Morgan fingerprint density at radius 2 is 2.13 bits per heavy atom. The number of aromatic nitrogens is 3. The second-order valence-corrected chi connectivity index (χ2v) is 6.05. The second kappa shape index (κ2) is 7.28. The maximum absolute atomic E-state index is 12.2. The van der Waals surface area contributed by atoms with E-state index in [1.54, 1.807) is 11.8 Å². The highest BCUT2D eigenvalue weighted by Crippen LogP contribution is 2.11. The van der Waals surface area contributed by atoms with E-state index in [2.05, 4.69) is 21.8 Å². The number of nitrogens with zero attached hydrogens (tertiary/aromatic N) is 3. The first-order chi connectivity index (χ1) is 11.3.